The van der Waals surface area contributed by atoms with Gasteiger partial charge in [-0.1, -0.05) is 0 Å². The summed E-state index contributed by atoms with van der Waals surface area (Å²) in [6.07, 6.45) is 0. The Morgan fingerprint density at radius 1 is 1.15 bits per heavy atom. The fourth-order valence-corrected chi connectivity index (χ4v) is 2.17. The second kappa shape index (κ2) is 6.28. The van der Waals surface area contributed by atoms with Gasteiger partial charge in [-0.2, -0.15) is 4.31 Å². The molecule has 0 aliphatic heterocycles. The van der Waals surface area contributed by atoms with Crippen molar-refractivity contribution in [1.29, 1.82) is 0 Å². The largest absolute Gasteiger partial charge is 0.395 e. The van der Waals surface area contributed by atoms with Gasteiger partial charge in [-0.3, -0.25) is 0 Å². The zero-order valence-electron chi connectivity index (χ0n) is 7.39. The lowest BCUT2D eigenvalue weighted by atomic mass is 10.6. The van der Waals surface area contributed by atoms with E-state index in [0.29, 0.717) is 0 Å². The first-order chi connectivity index (χ1) is 6.08. The van der Waals surface area contributed by atoms with E-state index in [1.54, 1.807) is 0 Å². The predicted molar refractivity (Wildman–Crippen MR) is 48.6 cm³/mol. The van der Waals surface area contributed by atoms with Crippen LogP contribution in [0.1, 0.15) is 0 Å². The Labute approximate surface area is 78.0 Å². The van der Waals surface area contributed by atoms with E-state index in [0.717, 1.165) is 4.31 Å². The fourth-order valence-electron chi connectivity index (χ4n) is 0.891. The molecule has 13 heavy (non-hydrogen) atoms. The average molecular weight is 212 g/mol. The van der Waals surface area contributed by atoms with Crippen molar-refractivity contribution < 1.29 is 18.6 Å². The van der Waals surface area contributed by atoms with Crippen LogP contribution in [-0.4, -0.2) is 61.5 Å². The van der Waals surface area contributed by atoms with Gasteiger partial charge in [-0.15, -0.1) is 0 Å². The number of rotatable bonds is 7. The number of hydrogen-bond donors (Lipinski definition) is 3. The van der Waals surface area contributed by atoms with Crippen LogP contribution < -0.4 is 5.73 Å². The summed E-state index contributed by atoms with van der Waals surface area (Å²) in [7, 11) is -3.41. The van der Waals surface area contributed by atoms with Crippen molar-refractivity contribution in [1.82, 2.24) is 4.31 Å². The molecule has 0 aromatic carbocycles. The van der Waals surface area contributed by atoms with Gasteiger partial charge < -0.3 is 15.9 Å². The van der Waals surface area contributed by atoms with Crippen LogP contribution in [-0.2, 0) is 10.0 Å². The van der Waals surface area contributed by atoms with E-state index < -0.39 is 10.0 Å². The average Bonchev–Trinajstić information content (AvgIpc) is 2.04. The smallest absolute Gasteiger partial charge is 0.215 e. The second-order valence-corrected chi connectivity index (χ2v) is 4.54. The van der Waals surface area contributed by atoms with E-state index in [4.69, 9.17) is 15.9 Å². The number of sulfonamides is 1. The van der Waals surface area contributed by atoms with Crippen LogP contribution in [0.15, 0.2) is 0 Å². The van der Waals surface area contributed by atoms with Crippen molar-refractivity contribution in [2.24, 2.45) is 5.73 Å². The molecule has 0 rings (SSSR count). The molecule has 6 nitrogen and oxygen atoms in total. The van der Waals surface area contributed by atoms with Gasteiger partial charge in [-0.25, -0.2) is 8.42 Å². The van der Waals surface area contributed by atoms with Crippen molar-refractivity contribution in [3.63, 3.8) is 0 Å². The van der Waals surface area contributed by atoms with Crippen LogP contribution in [0.5, 0.6) is 0 Å². The molecule has 0 aliphatic carbocycles. The lowest BCUT2D eigenvalue weighted by molar-refractivity contribution is 0.217. The molecule has 0 aromatic heterocycles. The monoisotopic (exact) mass is 212 g/mol. The van der Waals surface area contributed by atoms with Crippen molar-refractivity contribution in [3.8, 4) is 0 Å². The van der Waals surface area contributed by atoms with E-state index in [2.05, 4.69) is 0 Å². The minimum atomic E-state index is -3.41. The first kappa shape index (κ1) is 12.8. The molecule has 0 fully saturated rings. The molecule has 0 spiro atoms. The molecule has 0 unspecified atom stereocenters. The number of nitrogens with zero attached hydrogens (tertiary/aromatic N) is 1. The highest BCUT2D eigenvalue weighted by Crippen LogP contribution is 1.99. The summed E-state index contributed by atoms with van der Waals surface area (Å²) >= 11 is 0. The van der Waals surface area contributed by atoms with Gasteiger partial charge in [0.15, 0.2) is 0 Å². The first-order valence-corrected chi connectivity index (χ1v) is 5.59. The van der Waals surface area contributed by atoms with Crippen molar-refractivity contribution in [2.75, 3.05) is 38.6 Å². The minimum absolute atomic E-state index is 0.00287. The first-order valence-electron chi connectivity index (χ1n) is 3.98. The third kappa shape index (κ3) is 4.53. The Bertz CT molecular complexity index is 211. The molecule has 80 valence electrons. The van der Waals surface area contributed by atoms with Crippen LogP contribution in [0, 0.1) is 0 Å². The number of aliphatic hydroxyl groups excluding tert-OH is 2. The Kier molecular flexibility index (Phi) is 6.17. The maximum Gasteiger partial charge on any atom is 0.215 e. The van der Waals surface area contributed by atoms with Crippen LogP contribution in [0.3, 0.4) is 0 Å². The lowest BCUT2D eigenvalue weighted by Gasteiger charge is -2.19. The molecular weight excluding hydrogens is 196 g/mol. The second-order valence-electron chi connectivity index (χ2n) is 2.45. The molecule has 0 saturated carbocycles. The highest BCUT2D eigenvalue weighted by atomic mass is 32.2. The molecule has 0 saturated heterocycles. The van der Waals surface area contributed by atoms with E-state index >= 15 is 0 Å². The van der Waals surface area contributed by atoms with E-state index in [-0.39, 0.29) is 38.6 Å². The predicted octanol–water partition coefficient (Wildman–Crippen LogP) is -2.44. The Morgan fingerprint density at radius 3 is 1.92 bits per heavy atom. The van der Waals surface area contributed by atoms with Gasteiger partial charge in [-0.05, 0) is 0 Å². The van der Waals surface area contributed by atoms with E-state index in [1.165, 1.54) is 0 Å². The quantitative estimate of drug-likeness (QED) is 0.435. The Morgan fingerprint density at radius 2 is 1.62 bits per heavy atom. The zero-order chi connectivity index (χ0) is 10.3. The summed E-state index contributed by atoms with van der Waals surface area (Å²) in [5.41, 5.74) is 5.11. The number of nitrogens with two attached hydrogens (primary N) is 1. The minimum Gasteiger partial charge on any atom is -0.395 e. The van der Waals surface area contributed by atoms with Crippen LogP contribution in [0.2, 0.25) is 0 Å². The number of aliphatic hydroxyl groups is 2. The van der Waals surface area contributed by atoms with Gasteiger partial charge >= 0.3 is 0 Å². The maximum absolute atomic E-state index is 11.3. The van der Waals surface area contributed by atoms with E-state index in [9.17, 15) is 8.42 Å². The summed E-state index contributed by atoms with van der Waals surface area (Å²) in [6, 6.07) is 0. The fraction of sp³-hybridized carbons (Fsp3) is 1.00. The summed E-state index contributed by atoms with van der Waals surface area (Å²) in [6.45, 7) is -0.477. The summed E-state index contributed by atoms with van der Waals surface area (Å²) < 4.78 is 23.7. The number of hydrogen-bond acceptors (Lipinski definition) is 5. The molecule has 0 heterocycles. The summed E-state index contributed by atoms with van der Waals surface area (Å²) in [4.78, 5) is 0. The molecule has 0 aliphatic rings. The molecule has 0 radical (unpaired) electrons. The maximum atomic E-state index is 11.3. The molecule has 0 amide bonds. The molecule has 4 N–H and O–H groups in total. The third-order valence-corrected chi connectivity index (χ3v) is 3.37. The van der Waals surface area contributed by atoms with Gasteiger partial charge in [0.2, 0.25) is 10.0 Å². The van der Waals surface area contributed by atoms with Crippen LogP contribution >= 0.6 is 0 Å². The third-order valence-electron chi connectivity index (χ3n) is 1.47. The van der Waals surface area contributed by atoms with Crippen LogP contribution in [0.4, 0.5) is 0 Å². The van der Waals surface area contributed by atoms with Gasteiger partial charge in [0.25, 0.3) is 0 Å². The molecular formula is C6H16N2O4S. The molecule has 7 heteroatoms. The van der Waals surface area contributed by atoms with E-state index in [1.807, 2.05) is 0 Å². The summed E-state index contributed by atoms with van der Waals surface area (Å²) in [5.74, 6) is -0.160. The highest BCUT2D eigenvalue weighted by Gasteiger charge is 2.19. The molecule has 0 atom stereocenters. The van der Waals surface area contributed by atoms with Crippen LogP contribution in [0.25, 0.3) is 0 Å². The Balaban J connectivity index is 4.33. The van der Waals surface area contributed by atoms with Gasteiger partial charge in [0.05, 0.1) is 19.0 Å². The molecule has 0 aromatic rings. The van der Waals surface area contributed by atoms with Gasteiger partial charge in [0.1, 0.15) is 0 Å². The summed E-state index contributed by atoms with van der Waals surface area (Å²) in [5, 5.41) is 17.2. The lowest BCUT2D eigenvalue weighted by Crippen LogP contribution is -2.38. The topological polar surface area (TPSA) is 104 Å². The van der Waals surface area contributed by atoms with Crippen molar-refractivity contribution in [3.05, 3.63) is 0 Å². The SMILES string of the molecule is NCCS(=O)(=O)N(CCO)CCO. The highest BCUT2D eigenvalue weighted by molar-refractivity contribution is 7.89. The molecule has 0 bridgehead atoms. The standard InChI is InChI=1S/C6H16N2O4S/c7-1-6-13(11,12)8(2-4-9)3-5-10/h9-10H,1-7H2. The zero-order valence-corrected chi connectivity index (χ0v) is 8.20. The Hall–Kier alpha value is -0.210. The van der Waals surface area contributed by atoms with Crippen molar-refractivity contribution >= 4 is 10.0 Å². The van der Waals surface area contributed by atoms with Gasteiger partial charge in [0, 0.05) is 19.6 Å². The van der Waals surface area contributed by atoms with Crippen molar-refractivity contribution in [2.45, 2.75) is 0 Å². The normalized spacial score (nSPS) is 12.3.